The first kappa shape index (κ1) is 31.8. The zero-order valence-electron chi connectivity index (χ0n) is 26.6. The second-order valence-electron chi connectivity index (χ2n) is 14.2. The lowest BCUT2D eigenvalue weighted by atomic mass is 9.76. The molecule has 0 aliphatic heterocycles. The molecule has 0 radical (unpaired) electrons. The van der Waals surface area contributed by atoms with E-state index in [1.807, 2.05) is 68.0 Å². The van der Waals surface area contributed by atoms with Gasteiger partial charge < -0.3 is 14.1 Å². The Kier molecular flexibility index (Phi) is 8.92. The number of pyridine rings is 2. The maximum Gasteiger partial charge on any atom is 0.192 e. The summed E-state index contributed by atoms with van der Waals surface area (Å²) in [6.07, 6.45) is 2.88. The molecule has 5 rings (SSSR count). The van der Waals surface area contributed by atoms with E-state index in [0.717, 1.165) is 39.4 Å². The summed E-state index contributed by atoms with van der Waals surface area (Å²) >= 11 is -1.27. The monoisotopic (exact) mass is 619 g/mol. The SMILES string of the molecule is CC(C)(C)[S+]([O-])NC(c1cccc(-c2ccc3cnn(-c4cccc(CO[Si](C)(C)C(C)(C)C)n4)c3c2)n1)C1CC(O)C1. The van der Waals surface area contributed by atoms with E-state index < -0.39 is 24.4 Å². The number of benzene rings is 1. The van der Waals surface area contributed by atoms with Crippen LogP contribution >= 0.6 is 0 Å². The van der Waals surface area contributed by atoms with Gasteiger partial charge in [0.25, 0.3) is 0 Å². The van der Waals surface area contributed by atoms with Gasteiger partial charge in [-0.05, 0) is 88.0 Å². The Morgan fingerprint density at radius 3 is 2.44 bits per heavy atom. The third-order valence-electron chi connectivity index (χ3n) is 8.76. The van der Waals surface area contributed by atoms with Crippen LogP contribution in [0.5, 0.6) is 0 Å². The molecule has 1 fully saturated rings. The minimum absolute atomic E-state index is 0.128. The van der Waals surface area contributed by atoms with Crippen LogP contribution in [-0.4, -0.2) is 48.6 Å². The van der Waals surface area contributed by atoms with Crippen molar-refractivity contribution in [1.29, 1.82) is 0 Å². The molecule has 8 nitrogen and oxygen atoms in total. The van der Waals surface area contributed by atoms with Crippen LogP contribution in [0.4, 0.5) is 0 Å². The zero-order valence-corrected chi connectivity index (χ0v) is 28.4. The van der Waals surface area contributed by atoms with Crippen molar-refractivity contribution in [3.05, 3.63) is 72.2 Å². The van der Waals surface area contributed by atoms with Crippen LogP contribution in [0.1, 0.15) is 71.8 Å². The molecule has 10 heteroatoms. The number of fused-ring (bicyclic) bond motifs is 1. The van der Waals surface area contributed by atoms with Crippen molar-refractivity contribution in [2.75, 3.05) is 0 Å². The van der Waals surface area contributed by atoms with Crippen molar-refractivity contribution in [3.8, 4) is 17.1 Å². The molecule has 1 aliphatic carbocycles. The molecule has 0 amide bonds. The summed E-state index contributed by atoms with van der Waals surface area (Å²) in [6, 6.07) is 17.9. The van der Waals surface area contributed by atoms with Crippen molar-refractivity contribution in [2.45, 2.75) is 96.0 Å². The van der Waals surface area contributed by atoms with Crippen molar-refractivity contribution in [2.24, 2.45) is 5.92 Å². The molecule has 2 atom stereocenters. The van der Waals surface area contributed by atoms with Crippen molar-refractivity contribution in [1.82, 2.24) is 24.5 Å². The molecule has 4 aromatic rings. The first-order valence-corrected chi connectivity index (χ1v) is 19.1. The van der Waals surface area contributed by atoms with E-state index in [4.69, 9.17) is 14.4 Å². The molecule has 0 saturated heterocycles. The fraction of sp³-hybridized carbons (Fsp3) is 0.485. The average Bonchev–Trinajstić information content (AvgIpc) is 3.36. The van der Waals surface area contributed by atoms with Crippen LogP contribution < -0.4 is 4.72 Å². The smallest absolute Gasteiger partial charge is 0.192 e. The highest BCUT2D eigenvalue weighted by Crippen LogP contribution is 2.40. The normalized spacial score (nSPS) is 19.3. The topological polar surface area (TPSA) is 108 Å². The fourth-order valence-corrected chi connectivity index (χ4v) is 6.71. The van der Waals surface area contributed by atoms with E-state index in [0.29, 0.717) is 19.4 Å². The van der Waals surface area contributed by atoms with E-state index in [1.165, 1.54) is 0 Å². The molecule has 2 unspecified atom stereocenters. The molecule has 3 aromatic heterocycles. The van der Waals surface area contributed by atoms with Gasteiger partial charge >= 0.3 is 0 Å². The van der Waals surface area contributed by atoms with Gasteiger partial charge in [-0.2, -0.15) is 5.10 Å². The molecule has 43 heavy (non-hydrogen) atoms. The van der Waals surface area contributed by atoms with Gasteiger partial charge in [0.15, 0.2) is 14.1 Å². The number of hydrogen-bond acceptors (Lipinski definition) is 7. The summed E-state index contributed by atoms with van der Waals surface area (Å²) in [5.74, 6) is 0.912. The molecule has 230 valence electrons. The Morgan fingerprint density at radius 2 is 1.77 bits per heavy atom. The Balaban J connectivity index is 1.43. The number of nitrogens with one attached hydrogen (secondary N) is 1. The van der Waals surface area contributed by atoms with E-state index in [-0.39, 0.29) is 23.1 Å². The van der Waals surface area contributed by atoms with Crippen molar-refractivity contribution in [3.63, 3.8) is 0 Å². The highest BCUT2D eigenvalue weighted by Gasteiger charge is 2.40. The van der Waals surface area contributed by atoms with Gasteiger partial charge in [0.2, 0.25) is 0 Å². The van der Waals surface area contributed by atoms with Crippen LogP contribution in [0.3, 0.4) is 0 Å². The highest BCUT2D eigenvalue weighted by molar-refractivity contribution is 7.90. The van der Waals surface area contributed by atoms with Gasteiger partial charge in [0, 0.05) is 22.3 Å². The summed E-state index contributed by atoms with van der Waals surface area (Å²) < 4.78 is 24.3. The Labute approximate surface area is 259 Å². The molecular formula is C33H45N5O3SSi. The summed E-state index contributed by atoms with van der Waals surface area (Å²) in [4.78, 5) is 9.95. The van der Waals surface area contributed by atoms with Gasteiger partial charge in [0.05, 0.1) is 47.5 Å². The lowest BCUT2D eigenvalue weighted by Gasteiger charge is -2.38. The highest BCUT2D eigenvalue weighted by atomic mass is 32.2. The second-order valence-corrected chi connectivity index (χ2v) is 21.0. The molecule has 2 N–H and O–H groups in total. The van der Waals surface area contributed by atoms with Gasteiger partial charge in [0.1, 0.15) is 4.75 Å². The Morgan fingerprint density at radius 1 is 1.05 bits per heavy atom. The summed E-state index contributed by atoms with van der Waals surface area (Å²) in [5.41, 5.74) is 4.42. The molecule has 1 saturated carbocycles. The molecule has 3 heterocycles. The van der Waals surface area contributed by atoms with Crippen LogP contribution in [0.15, 0.2) is 60.8 Å². The van der Waals surface area contributed by atoms with E-state index >= 15 is 0 Å². The van der Waals surface area contributed by atoms with Crippen molar-refractivity contribution >= 4 is 30.6 Å². The lowest BCUT2D eigenvalue weighted by molar-refractivity contribution is 0.0273. The Bertz CT molecular complexity index is 1570. The molecule has 0 bridgehead atoms. The van der Waals surface area contributed by atoms with Crippen molar-refractivity contribution < 1.29 is 14.1 Å². The molecule has 0 spiro atoms. The van der Waals surface area contributed by atoms with E-state index in [1.54, 1.807) is 0 Å². The summed E-state index contributed by atoms with van der Waals surface area (Å²) in [6.45, 7) is 17.6. The van der Waals surface area contributed by atoms with Gasteiger partial charge in [-0.3, -0.25) is 4.98 Å². The Hall–Kier alpha value is -2.60. The maximum atomic E-state index is 13.1. The second kappa shape index (κ2) is 12.1. The minimum Gasteiger partial charge on any atom is -0.598 e. The predicted octanol–water partition coefficient (Wildman–Crippen LogP) is 6.87. The van der Waals surface area contributed by atoms with Gasteiger partial charge in [-0.15, -0.1) is 4.72 Å². The van der Waals surface area contributed by atoms with Crippen LogP contribution in [0, 0.1) is 5.92 Å². The number of aromatic nitrogens is 4. The lowest BCUT2D eigenvalue weighted by Crippen LogP contribution is -2.46. The van der Waals surface area contributed by atoms with Gasteiger partial charge in [-0.25, -0.2) is 9.67 Å². The van der Waals surface area contributed by atoms with E-state index in [2.05, 4.69) is 61.9 Å². The molecule has 1 aromatic carbocycles. The number of aliphatic hydroxyl groups excluding tert-OH is 1. The summed E-state index contributed by atoms with van der Waals surface area (Å²) in [7, 11) is -1.90. The number of rotatable bonds is 9. The number of nitrogens with zero attached hydrogens (tertiary/aromatic N) is 4. The minimum atomic E-state index is -1.90. The maximum absolute atomic E-state index is 13.1. The van der Waals surface area contributed by atoms with Crippen LogP contribution in [0.25, 0.3) is 28.0 Å². The largest absolute Gasteiger partial charge is 0.598 e. The third-order valence-corrected chi connectivity index (χ3v) is 14.8. The van der Waals surface area contributed by atoms with Gasteiger partial charge in [-0.1, -0.05) is 45.0 Å². The standard InChI is InChI=1S/C33H45N5O3SSi/c1-32(2,3)42(40)37-31(24-17-26(39)18-24)28-13-10-12-27(36-28)22-15-16-23-20-34-38(29(23)19-22)30-14-9-11-25(35-30)21-41-43(7,8)33(4,5)6/h9-16,19-20,24,26,31,37,39H,17-18,21H2,1-8H3. The first-order chi connectivity index (χ1) is 20.1. The number of aliphatic hydroxyl groups is 1. The summed E-state index contributed by atoms with van der Waals surface area (Å²) in [5, 5.41) is 15.8. The average molecular weight is 620 g/mol. The number of hydrogen-bond donors (Lipinski definition) is 2. The van der Waals surface area contributed by atoms with Crippen LogP contribution in [-0.2, 0) is 22.4 Å². The third kappa shape index (κ3) is 7.05. The first-order valence-electron chi connectivity index (χ1n) is 15.0. The quantitative estimate of drug-likeness (QED) is 0.156. The predicted molar refractivity (Wildman–Crippen MR) is 177 cm³/mol. The molecule has 1 aliphatic rings. The zero-order chi connectivity index (χ0) is 31.2. The fourth-order valence-electron chi connectivity index (χ4n) is 4.87. The van der Waals surface area contributed by atoms with E-state index in [9.17, 15) is 9.66 Å². The van der Waals surface area contributed by atoms with Crippen LogP contribution in [0.2, 0.25) is 18.1 Å². The molecular weight excluding hydrogens is 575 g/mol.